The molecule has 2 N–H and O–H groups in total. The van der Waals surface area contributed by atoms with Crippen LogP contribution in [0.5, 0.6) is 0 Å². The first-order chi connectivity index (χ1) is 9.46. The largest absolute Gasteiger partial charge is 0.394 e. The van der Waals surface area contributed by atoms with Crippen molar-refractivity contribution in [3.63, 3.8) is 0 Å². The third-order valence-corrected chi connectivity index (χ3v) is 3.80. The molecule has 0 aliphatic heterocycles. The van der Waals surface area contributed by atoms with Crippen LogP contribution < -0.4 is 10.2 Å². The van der Waals surface area contributed by atoms with E-state index in [1.165, 1.54) is 0 Å². The van der Waals surface area contributed by atoms with Crippen molar-refractivity contribution >= 4 is 11.9 Å². The molecular formula is C14H25N5O. The van der Waals surface area contributed by atoms with Crippen molar-refractivity contribution in [1.82, 2.24) is 15.0 Å². The number of nitrogens with one attached hydrogen (secondary N) is 1. The molecule has 1 saturated carbocycles. The highest BCUT2D eigenvalue weighted by molar-refractivity contribution is 5.38. The van der Waals surface area contributed by atoms with Crippen LogP contribution in [0.1, 0.15) is 51.3 Å². The smallest absolute Gasteiger partial charge is 0.229 e. The maximum Gasteiger partial charge on any atom is 0.229 e. The number of aromatic nitrogens is 3. The van der Waals surface area contributed by atoms with Crippen LogP contribution in [-0.4, -0.2) is 46.3 Å². The molecule has 0 bridgehead atoms. The quantitative estimate of drug-likeness (QED) is 0.856. The fourth-order valence-corrected chi connectivity index (χ4v) is 2.51. The summed E-state index contributed by atoms with van der Waals surface area (Å²) in [6.45, 7) is 4.25. The summed E-state index contributed by atoms with van der Waals surface area (Å²) in [6.07, 6.45) is 4.19. The average molecular weight is 279 g/mol. The molecule has 0 amide bonds. The second-order valence-corrected chi connectivity index (χ2v) is 6.14. The Kier molecular flexibility index (Phi) is 4.42. The van der Waals surface area contributed by atoms with E-state index in [-0.39, 0.29) is 18.1 Å². The van der Waals surface area contributed by atoms with Gasteiger partial charge in [0.05, 0.1) is 12.1 Å². The van der Waals surface area contributed by atoms with Crippen LogP contribution in [0.25, 0.3) is 0 Å². The van der Waals surface area contributed by atoms with Crippen LogP contribution in [-0.2, 0) is 0 Å². The summed E-state index contributed by atoms with van der Waals surface area (Å²) in [5.41, 5.74) is -0.265. The molecule has 112 valence electrons. The van der Waals surface area contributed by atoms with Gasteiger partial charge in [-0.15, -0.1) is 0 Å². The van der Waals surface area contributed by atoms with Gasteiger partial charge in [-0.2, -0.15) is 15.0 Å². The maximum atomic E-state index is 9.69. The third-order valence-electron chi connectivity index (χ3n) is 3.80. The summed E-state index contributed by atoms with van der Waals surface area (Å²) < 4.78 is 0. The molecule has 0 radical (unpaired) electrons. The first-order valence-corrected chi connectivity index (χ1v) is 7.28. The van der Waals surface area contributed by atoms with Crippen LogP contribution in [0, 0.1) is 0 Å². The lowest BCUT2D eigenvalue weighted by molar-refractivity contribution is 0.213. The van der Waals surface area contributed by atoms with Gasteiger partial charge in [-0.3, -0.25) is 0 Å². The van der Waals surface area contributed by atoms with E-state index in [4.69, 9.17) is 0 Å². The fraction of sp³-hybridized carbons (Fsp3) is 0.786. The first-order valence-electron chi connectivity index (χ1n) is 7.28. The molecule has 0 atom stereocenters. The maximum absolute atomic E-state index is 9.69. The van der Waals surface area contributed by atoms with Crippen molar-refractivity contribution < 1.29 is 5.11 Å². The molecule has 1 fully saturated rings. The predicted molar refractivity (Wildman–Crippen MR) is 80.2 cm³/mol. The van der Waals surface area contributed by atoms with Crippen molar-refractivity contribution in [2.24, 2.45) is 0 Å². The zero-order valence-corrected chi connectivity index (χ0v) is 12.8. The van der Waals surface area contributed by atoms with Gasteiger partial charge in [0.1, 0.15) is 5.82 Å². The van der Waals surface area contributed by atoms with Crippen molar-refractivity contribution in [3.8, 4) is 0 Å². The lowest BCUT2D eigenvalue weighted by Crippen LogP contribution is -2.40. The SMILES string of the molecule is CC(C)c1nc(NC2(CO)CCCC2)nc(N(C)C)n1. The summed E-state index contributed by atoms with van der Waals surface area (Å²) in [5, 5.41) is 13.0. The number of nitrogens with zero attached hydrogens (tertiary/aromatic N) is 4. The van der Waals surface area contributed by atoms with Crippen LogP contribution in [0.4, 0.5) is 11.9 Å². The molecule has 1 aromatic heterocycles. The number of anilines is 2. The topological polar surface area (TPSA) is 74.2 Å². The normalized spacial score (nSPS) is 17.5. The molecule has 1 aliphatic carbocycles. The van der Waals surface area contributed by atoms with E-state index in [1.54, 1.807) is 0 Å². The fourth-order valence-electron chi connectivity index (χ4n) is 2.51. The summed E-state index contributed by atoms with van der Waals surface area (Å²) in [4.78, 5) is 15.3. The van der Waals surface area contributed by atoms with E-state index in [9.17, 15) is 5.11 Å². The van der Waals surface area contributed by atoms with Crippen molar-refractivity contribution in [2.45, 2.75) is 51.0 Å². The standard InChI is InChI=1S/C14H25N5O/c1-10(2)11-15-12(17-13(16-11)19(3)4)18-14(9-20)7-5-6-8-14/h10,20H,5-9H2,1-4H3,(H,15,16,17,18). The number of aliphatic hydroxyl groups is 1. The van der Waals surface area contributed by atoms with Crippen LogP contribution in [0.2, 0.25) is 0 Å². The zero-order chi connectivity index (χ0) is 14.8. The average Bonchev–Trinajstić information content (AvgIpc) is 2.87. The van der Waals surface area contributed by atoms with Gasteiger partial charge in [-0.1, -0.05) is 26.7 Å². The lowest BCUT2D eigenvalue weighted by atomic mass is 9.99. The number of rotatable bonds is 5. The summed E-state index contributed by atoms with van der Waals surface area (Å²) in [7, 11) is 3.83. The van der Waals surface area contributed by atoms with Crippen LogP contribution in [0.3, 0.4) is 0 Å². The van der Waals surface area contributed by atoms with E-state index >= 15 is 0 Å². The Morgan fingerprint density at radius 1 is 1.20 bits per heavy atom. The highest BCUT2D eigenvalue weighted by atomic mass is 16.3. The molecule has 1 heterocycles. The summed E-state index contributed by atoms with van der Waals surface area (Å²) >= 11 is 0. The molecule has 6 nitrogen and oxygen atoms in total. The molecule has 6 heteroatoms. The van der Waals surface area contributed by atoms with E-state index in [0.29, 0.717) is 11.9 Å². The Balaban J connectivity index is 2.30. The Hall–Kier alpha value is -1.43. The first kappa shape index (κ1) is 15.0. The minimum atomic E-state index is -0.265. The molecule has 20 heavy (non-hydrogen) atoms. The van der Waals surface area contributed by atoms with Crippen molar-refractivity contribution in [1.29, 1.82) is 0 Å². The van der Waals surface area contributed by atoms with Gasteiger partial charge in [0.25, 0.3) is 0 Å². The third kappa shape index (κ3) is 3.17. The van der Waals surface area contributed by atoms with Gasteiger partial charge in [0.15, 0.2) is 0 Å². The summed E-state index contributed by atoms with van der Waals surface area (Å²) in [6, 6.07) is 0. The number of hydrogen-bond acceptors (Lipinski definition) is 6. The van der Waals surface area contributed by atoms with Gasteiger partial charge < -0.3 is 15.3 Å². The molecule has 0 spiro atoms. The van der Waals surface area contributed by atoms with Gasteiger partial charge in [-0.25, -0.2) is 0 Å². The second kappa shape index (κ2) is 5.91. The van der Waals surface area contributed by atoms with Crippen molar-refractivity contribution in [2.75, 3.05) is 30.9 Å². The second-order valence-electron chi connectivity index (χ2n) is 6.14. The van der Waals surface area contributed by atoms with E-state index in [2.05, 4.69) is 34.1 Å². The number of hydrogen-bond donors (Lipinski definition) is 2. The molecule has 0 unspecified atom stereocenters. The van der Waals surface area contributed by atoms with E-state index < -0.39 is 0 Å². The summed E-state index contributed by atoms with van der Waals surface area (Å²) in [5.74, 6) is 2.24. The van der Waals surface area contributed by atoms with E-state index in [1.807, 2.05) is 19.0 Å². The monoisotopic (exact) mass is 279 g/mol. The molecule has 0 aromatic carbocycles. The van der Waals surface area contributed by atoms with Crippen LogP contribution in [0.15, 0.2) is 0 Å². The van der Waals surface area contributed by atoms with Gasteiger partial charge in [-0.05, 0) is 12.8 Å². The van der Waals surface area contributed by atoms with E-state index in [0.717, 1.165) is 31.5 Å². The molecule has 1 aliphatic rings. The number of aliphatic hydroxyl groups excluding tert-OH is 1. The lowest BCUT2D eigenvalue weighted by Gasteiger charge is -2.28. The molecular weight excluding hydrogens is 254 g/mol. The molecule has 1 aromatic rings. The highest BCUT2D eigenvalue weighted by Gasteiger charge is 2.34. The predicted octanol–water partition coefficient (Wildman–Crippen LogP) is 1.78. The highest BCUT2D eigenvalue weighted by Crippen LogP contribution is 2.32. The van der Waals surface area contributed by atoms with Gasteiger partial charge in [0.2, 0.25) is 11.9 Å². The molecule has 0 saturated heterocycles. The Morgan fingerprint density at radius 2 is 1.85 bits per heavy atom. The minimum Gasteiger partial charge on any atom is -0.394 e. The zero-order valence-electron chi connectivity index (χ0n) is 12.8. The Bertz CT molecular complexity index is 429. The minimum absolute atomic E-state index is 0.118. The Morgan fingerprint density at radius 3 is 2.35 bits per heavy atom. The molecule has 2 rings (SSSR count). The Labute approximate surface area is 120 Å². The van der Waals surface area contributed by atoms with Gasteiger partial charge in [0, 0.05) is 20.0 Å². The van der Waals surface area contributed by atoms with Crippen LogP contribution >= 0.6 is 0 Å². The van der Waals surface area contributed by atoms with Gasteiger partial charge >= 0.3 is 0 Å². The van der Waals surface area contributed by atoms with Crippen molar-refractivity contribution in [3.05, 3.63) is 5.82 Å².